The highest BCUT2D eigenvalue weighted by Crippen LogP contribution is 2.22. The molecule has 0 bridgehead atoms. The monoisotopic (exact) mass is 227 g/mol. The van der Waals surface area contributed by atoms with E-state index in [1.54, 1.807) is 6.07 Å². The zero-order valence-electron chi connectivity index (χ0n) is 8.63. The van der Waals surface area contributed by atoms with Crippen molar-refractivity contribution in [1.29, 1.82) is 10.5 Å². The number of hydrogen-bond acceptors (Lipinski definition) is 4. The van der Waals surface area contributed by atoms with Gasteiger partial charge in [0.1, 0.15) is 24.1 Å². The van der Waals surface area contributed by atoms with Gasteiger partial charge in [0, 0.05) is 5.56 Å². The molecule has 0 spiro atoms. The summed E-state index contributed by atoms with van der Waals surface area (Å²) in [6, 6.07) is 9.50. The molecule has 1 heterocycles. The average Bonchev–Trinajstić information content (AvgIpc) is 2.72. The molecule has 0 atom stereocenters. The van der Waals surface area contributed by atoms with Gasteiger partial charge in [-0.15, -0.1) is 5.10 Å². The van der Waals surface area contributed by atoms with Crippen LogP contribution < -0.4 is 0 Å². The molecule has 5 nitrogen and oxygen atoms in total. The zero-order chi connectivity index (χ0) is 12.3. The van der Waals surface area contributed by atoms with Gasteiger partial charge in [-0.25, -0.2) is 9.07 Å². The number of benzene rings is 1. The standard InChI is InChI=1S/C11H6FN5/c12-9-3-1-2-8(6-9)11-10(7-14)15-16-17(11)5-4-13/h1-3,6H,5H2. The molecule has 2 rings (SSSR count). The summed E-state index contributed by atoms with van der Waals surface area (Å²) in [5.41, 5.74) is 0.904. The molecule has 2 aromatic rings. The molecule has 0 radical (unpaired) electrons. The van der Waals surface area contributed by atoms with Gasteiger partial charge >= 0.3 is 0 Å². The first-order valence-corrected chi connectivity index (χ1v) is 4.72. The van der Waals surface area contributed by atoms with Crippen LogP contribution in [0.3, 0.4) is 0 Å². The van der Waals surface area contributed by atoms with Crippen LogP contribution in [0.1, 0.15) is 5.69 Å². The molecule has 1 aromatic heterocycles. The highest BCUT2D eigenvalue weighted by molar-refractivity contribution is 5.64. The van der Waals surface area contributed by atoms with Crippen molar-refractivity contribution in [3.8, 4) is 23.4 Å². The Morgan fingerprint density at radius 1 is 1.35 bits per heavy atom. The highest BCUT2D eigenvalue weighted by Gasteiger charge is 2.14. The lowest BCUT2D eigenvalue weighted by molar-refractivity contribution is 0.627. The Kier molecular flexibility index (Phi) is 2.80. The number of aromatic nitrogens is 3. The van der Waals surface area contributed by atoms with Crippen molar-refractivity contribution >= 4 is 0 Å². The molecule has 0 fully saturated rings. The van der Waals surface area contributed by atoms with Crippen LogP contribution in [-0.2, 0) is 6.54 Å². The van der Waals surface area contributed by atoms with E-state index in [2.05, 4.69) is 10.3 Å². The van der Waals surface area contributed by atoms with Gasteiger partial charge < -0.3 is 0 Å². The van der Waals surface area contributed by atoms with Crippen LogP contribution in [0.15, 0.2) is 24.3 Å². The second kappa shape index (κ2) is 4.42. The minimum Gasteiger partial charge on any atom is -0.229 e. The molecule has 6 heteroatoms. The van der Waals surface area contributed by atoms with Crippen molar-refractivity contribution in [2.45, 2.75) is 6.54 Å². The Balaban J connectivity index is 2.61. The molecule has 0 amide bonds. The topological polar surface area (TPSA) is 78.3 Å². The van der Waals surface area contributed by atoms with E-state index in [1.165, 1.54) is 22.9 Å². The van der Waals surface area contributed by atoms with Gasteiger partial charge in [0.2, 0.25) is 0 Å². The smallest absolute Gasteiger partial charge is 0.190 e. The Morgan fingerprint density at radius 2 is 2.18 bits per heavy atom. The van der Waals surface area contributed by atoms with E-state index in [0.717, 1.165) is 0 Å². The van der Waals surface area contributed by atoms with Gasteiger partial charge in [0.05, 0.1) is 6.07 Å². The second-order valence-electron chi connectivity index (χ2n) is 3.22. The van der Waals surface area contributed by atoms with Crippen molar-refractivity contribution in [1.82, 2.24) is 15.0 Å². The molecule has 0 N–H and O–H groups in total. The summed E-state index contributed by atoms with van der Waals surface area (Å²) in [4.78, 5) is 0. The minimum atomic E-state index is -0.420. The fourth-order valence-electron chi connectivity index (χ4n) is 1.49. The van der Waals surface area contributed by atoms with Gasteiger partial charge in [-0.3, -0.25) is 0 Å². The molecule has 17 heavy (non-hydrogen) atoms. The first kappa shape index (κ1) is 10.8. The van der Waals surface area contributed by atoms with Crippen molar-refractivity contribution < 1.29 is 4.39 Å². The van der Waals surface area contributed by atoms with Gasteiger partial charge in [-0.05, 0) is 12.1 Å². The number of rotatable bonds is 2. The third kappa shape index (κ3) is 1.97. The number of halogens is 1. The predicted molar refractivity (Wildman–Crippen MR) is 55.7 cm³/mol. The third-order valence-electron chi connectivity index (χ3n) is 2.16. The first-order valence-electron chi connectivity index (χ1n) is 4.72. The minimum absolute atomic E-state index is 0.0411. The van der Waals surface area contributed by atoms with Gasteiger partial charge in [0.15, 0.2) is 5.69 Å². The molecule has 0 aliphatic rings. The Bertz CT molecular complexity index is 632. The van der Waals surface area contributed by atoms with E-state index < -0.39 is 5.82 Å². The summed E-state index contributed by atoms with van der Waals surface area (Å²) in [5.74, 6) is -0.420. The SMILES string of the molecule is N#CCn1nnc(C#N)c1-c1cccc(F)c1. The molecule has 0 saturated carbocycles. The maximum Gasteiger partial charge on any atom is 0.190 e. The maximum atomic E-state index is 13.1. The summed E-state index contributed by atoms with van der Waals surface area (Å²) in [6.07, 6.45) is 0. The number of hydrogen-bond donors (Lipinski definition) is 0. The number of nitriles is 2. The summed E-state index contributed by atoms with van der Waals surface area (Å²) in [7, 11) is 0. The maximum absolute atomic E-state index is 13.1. The average molecular weight is 227 g/mol. The van der Waals surface area contributed by atoms with E-state index in [1.807, 2.05) is 12.1 Å². The molecule has 0 aliphatic carbocycles. The van der Waals surface area contributed by atoms with Crippen molar-refractivity contribution in [2.75, 3.05) is 0 Å². The lowest BCUT2D eigenvalue weighted by Gasteiger charge is -2.02. The van der Waals surface area contributed by atoms with Crippen LogP contribution >= 0.6 is 0 Å². The van der Waals surface area contributed by atoms with E-state index in [9.17, 15) is 4.39 Å². The lowest BCUT2D eigenvalue weighted by Crippen LogP contribution is -2.01. The van der Waals surface area contributed by atoms with Crippen molar-refractivity contribution in [2.24, 2.45) is 0 Å². The Labute approximate surface area is 96.3 Å². The molecule has 1 aromatic carbocycles. The van der Waals surface area contributed by atoms with Crippen molar-refractivity contribution in [3.05, 3.63) is 35.8 Å². The van der Waals surface area contributed by atoms with Crippen LogP contribution in [0.25, 0.3) is 11.3 Å². The number of nitrogens with zero attached hydrogens (tertiary/aromatic N) is 5. The third-order valence-corrected chi connectivity index (χ3v) is 2.16. The molecule has 82 valence electrons. The summed E-state index contributed by atoms with van der Waals surface area (Å²) in [5, 5.41) is 24.8. The van der Waals surface area contributed by atoms with Crippen LogP contribution in [0.4, 0.5) is 4.39 Å². The summed E-state index contributed by atoms with van der Waals surface area (Å²) >= 11 is 0. The van der Waals surface area contributed by atoms with Gasteiger partial charge in [0.25, 0.3) is 0 Å². The quantitative estimate of drug-likeness (QED) is 0.778. The van der Waals surface area contributed by atoms with Crippen LogP contribution in [0, 0.1) is 28.5 Å². The molecule has 0 saturated heterocycles. The van der Waals surface area contributed by atoms with Crippen LogP contribution in [0.2, 0.25) is 0 Å². The van der Waals surface area contributed by atoms with Crippen molar-refractivity contribution in [3.63, 3.8) is 0 Å². The van der Waals surface area contributed by atoms with Crippen LogP contribution in [0.5, 0.6) is 0 Å². The van der Waals surface area contributed by atoms with E-state index >= 15 is 0 Å². The second-order valence-corrected chi connectivity index (χ2v) is 3.22. The fraction of sp³-hybridized carbons (Fsp3) is 0.0909. The molecule has 0 unspecified atom stereocenters. The van der Waals surface area contributed by atoms with Gasteiger partial charge in [-0.1, -0.05) is 17.3 Å². The predicted octanol–water partition coefficient (Wildman–Crippen LogP) is 1.48. The largest absolute Gasteiger partial charge is 0.229 e. The van der Waals surface area contributed by atoms with Crippen LogP contribution in [-0.4, -0.2) is 15.0 Å². The van der Waals surface area contributed by atoms with E-state index in [0.29, 0.717) is 11.3 Å². The summed E-state index contributed by atoms with van der Waals surface area (Å²) in [6.45, 7) is -0.0411. The molecular formula is C11H6FN5. The van der Waals surface area contributed by atoms with E-state index in [-0.39, 0.29) is 12.2 Å². The van der Waals surface area contributed by atoms with Gasteiger partial charge in [-0.2, -0.15) is 10.5 Å². The highest BCUT2D eigenvalue weighted by atomic mass is 19.1. The summed E-state index contributed by atoms with van der Waals surface area (Å²) < 4.78 is 14.4. The van der Waals surface area contributed by atoms with E-state index in [4.69, 9.17) is 10.5 Å². The normalized spacial score (nSPS) is 9.59. The fourth-order valence-corrected chi connectivity index (χ4v) is 1.49. The lowest BCUT2D eigenvalue weighted by atomic mass is 10.1. The Morgan fingerprint density at radius 3 is 2.82 bits per heavy atom. The molecule has 0 aliphatic heterocycles. The first-order chi connectivity index (χ1) is 8.26. The molecular weight excluding hydrogens is 221 g/mol. The Hall–Kier alpha value is -2.73. The zero-order valence-corrected chi connectivity index (χ0v) is 8.63.